The van der Waals surface area contributed by atoms with Crippen molar-refractivity contribution in [3.8, 4) is 5.75 Å². The molecule has 0 saturated carbocycles. The van der Waals surface area contributed by atoms with Crippen molar-refractivity contribution in [1.29, 1.82) is 0 Å². The summed E-state index contributed by atoms with van der Waals surface area (Å²) in [4.78, 5) is 14.6. The van der Waals surface area contributed by atoms with E-state index in [1.165, 1.54) is 12.1 Å². The van der Waals surface area contributed by atoms with E-state index in [2.05, 4.69) is 10.2 Å². The third kappa shape index (κ3) is 4.37. The van der Waals surface area contributed by atoms with Crippen LogP contribution in [0.4, 0.5) is 10.1 Å². The predicted molar refractivity (Wildman–Crippen MR) is 96.2 cm³/mol. The summed E-state index contributed by atoms with van der Waals surface area (Å²) in [7, 11) is 1.59. The van der Waals surface area contributed by atoms with Gasteiger partial charge in [-0.05, 0) is 49.2 Å². The van der Waals surface area contributed by atoms with Gasteiger partial charge in [0, 0.05) is 19.0 Å². The number of nitrogens with one attached hydrogen (secondary N) is 1. The molecule has 1 aliphatic heterocycles. The largest absolute Gasteiger partial charge is 0.495 e. The van der Waals surface area contributed by atoms with Crippen LogP contribution in [-0.4, -0.2) is 31.0 Å². The van der Waals surface area contributed by atoms with Crippen molar-refractivity contribution in [3.05, 3.63) is 59.9 Å². The molecular weight excluding hydrogens is 319 g/mol. The van der Waals surface area contributed by atoms with Crippen LogP contribution in [0.1, 0.15) is 30.9 Å². The Labute approximate surface area is 147 Å². The van der Waals surface area contributed by atoms with Gasteiger partial charge in [-0.2, -0.15) is 0 Å². The van der Waals surface area contributed by atoms with Gasteiger partial charge >= 0.3 is 0 Å². The topological polar surface area (TPSA) is 41.6 Å². The Balaban J connectivity index is 1.57. The first-order valence-electron chi connectivity index (χ1n) is 8.60. The average Bonchev–Trinajstić information content (AvgIpc) is 3.09. The minimum atomic E-state index is -0.218. The summed E-state index contributed by atoms with van der Waals surface area (Å²) >= 11 is 0. The number of likely N-dealkylation sites (tertiary alicyclic amines) is 1. The van der Waals surface area contributed by atoms with E-state index < -0.39 is 0 Å². The summed E-state index contributed by atoms with van der Waals surface area (Å²) in [5.74, 6) is 0.403. The zero-order chi connectivity index (χ0) is 17.6. The fraction of sp³-hybridized carbons (Fsp3) is 0.350. The van der Waals surface area contributed by atoms with Gasteiger partial charge in [0.05, 0.1) is 12.8 Å². The molecule has 0 aromatic heterocycles. The van der Waals surface area contributed by atoms with Crippen molar-refractivity contribution >= 4 is 11.6 Å². The van der Waals surface area contributed by atoms with Gasteiger partial charge in [-0.25, -0.2) is 4.39 Å². The number of carbonyl (C=O) groups is 1. The Morgan fingerprint density at radius 1 is 1.24 bits per heavy atom. The molecule has 1 N–H and O–H groups in total. The summed E-state index contributed by atoms with van der Waals surface area (Å²) in [6.07, 6.45) is 2.55. The highest BCUT2D eigenvalue weighted by atomic mass is 19.1. The summed E-state index contributed by atoms with van der Waals surface area (Å²) in [6, 6.07) is 14.3. The van der Waals surface area contributed by atoms with Crippen LogP contribution in [0, 0.1) is 5.82 Å². The summed E-state index contributed by atoms with van der Waals surface area (Å²) in [6.45, 7) is 1.65. The first-order chi connectivity index (χ1) is 12.2. The highest BCUT2D eigenvalue weighted by Crippen LogP contribution is 2.32. The van der Waals surface area contributed by atoms with Crippen molar-refractivity contribution in [2.45, 2.75) is 25.3 Å². The molecule has 25 heavy (non-hydrogen) atoms. The van der Waals surface area contributed by atoms with E-state index in [0.717, 1.165) is 24.9 Å². The minimum absolute atomic E-state index is 0.0331. The molecular formula is C20H23FN2O2. The number of methoxy groups -OCH3 is 1. The lowest BCUT2D eigenvalue weighted by Gasteiger charge is -2.24. The van der Waals surface area contributed by atoms with E-state index in [1.54, 1.807) is 7.11 Å². The Morgan fingerprint density at radius 2 is 2.00 bits per heavy atom. The van der Waals surface area contributed by atoms with Crippen molar-refractivity contribution < 1.29 is 13.9 Å². The number of rotatable bonds is 6. The van der Waals surface area contributed by atoms with E-state index in [0.29, 0.717) is 24.4 Å². The average molecular weight is 342 g/mol. The summed E-state index contributed by atoms with van der Waals surface area (Å²) < 4.78 is 18.4. The van der Waals surface area contributed by atoms with Crippen molar-refractivity contribution in [2.75, 3.05) is 25.5 Å². The molecule has 0 radical (unpaired) electrons. The Kier molecular flexibility index (Phi) is 5.66. The number of carbonyl (C=O) groups excluding carboxylic acids is 1. The van der Waals surface area contributed by atoms with Crippen LogP contribution in [0.3, 0.4) is 0 Å². The second-order valence-electron chi connectivity index (χ2n) is 6.24. The van der Waals surface area contributed by atoms with Crippen LogP contribution in [0.5, 0.6) is 5.75 Å². The van der Waals surface area contributed by atoms with Gasteiger partial charge in [-0.15, -0.1) is 0 Å². The molecule has 1 fully saturated rings. The van der Waals surface area contributed by atoms with E-state index in [9.17, 15) is 9.18 Å². The van der Waals surface area contributed by atoms with E-state index >= 15 is 0 Å². The van der Waals surface area contributed by atoms with Crippen molar-refractivity contribution in [3.63, 3.8) is 0 Å². The number of anilines is 1. The number of hydrogen-bond donors (Lipinski definition) is 1. The summed E-state index contributed by atoms with van der Waals surface area (Å²) in [5, 5.41) is 2.91. The first-order valence-corrected chi connectivity index (χ1v) is 8.60. The lowest BCUT2D eigenvalue weighted by Crippen LogP contribution is -2.27. The number of benzene rings is 2. The molecule has 1 heterocycles. The van der Waals surface area contributed by atoms with Gasteiger partial charge in [-0.3, -0.25) is 9.69 Å². The Hall–Kier alpha value is -2.40. The van der Waals surface area contributed by atoms with Crippen LogP contribution >= 0.6 is 0 Å². The molecule has 2 aromatic rings. The SMILES string of the molecule is COc1ccccc1NC(=O)CCN1CCCC1c1ccc(F)cc1. The van der Waals surface area contributed by atoms with E-state index in [1.807, 2.05) is 36.4 Å². The maximum Gasteiger partial charge on any atom is 0.225 e. The molecule has 5 heteroatoms. The lowest BCUT2D eigenvalue weighted by atomic mass is 10.0. The molecule has 3 rings (SSSR count). The second kappa shape index (κ2) is 8.12. The number of nitrogens with zero attached hydrogens (tertiary/aromatic N) is 1. The molecule has 2 aromatic carbocycles. The molecule has 0 spiro atoms. The van der Waals surface area contributed by atoms with Crippen LogP contribution in [0.2, 0.25) is 0 Å². The molecule has 1 unspecified atom stereocenters. The second-order valence-corrected chi connectivity index (χ2v) is 6.24. The molecule has 1 atom stereocenters. The van der Waals surface area contributed by atoms with Crippen LogP contribution < -0.4 is 10.1 Å². The molecule has 0 bridgehead atoms. The van der Waals surface area contributed by atoms with Gasteiger partial charge in [0.25, 0.3) is 0 Å². The normalized spacial score (nSPS) is 17.4. The van der Waals surface area contributed by atoms with Crippen LogP contribution in [-0.2, 0) is 4.79 Å². The number of hydrogen-bond acceptors (Lipinski definition) is 3. The highest BCUT2D eigenvalue weighted by molar-refractivity contribution is 5.92. The van der Waals surface area contributed by atoms with Crippen molar-refractivity contribution in [1.82, 2.24) is 4.90 Å². The molecule has 132 valence electrons. The fourth-order valence-electron chi connectivity index (χ4n) is 3.36. The molecule has 4 nitrogen and oxygen atoms in total. The summed E-state index contributed by atoms with van der Waals surface area (Å²) in [5.41, 5.74) is 1.80. The van der Waals surface area contributed by atoms with Gasteiger partial charge in [-0.1, -0.05) is 24.3 Å². The quantitative estimate of drug-likeness (QED) is 0.863. The number of ether oxygens (including phenoxy) is 1. The predicted octanol–water partition coefficient (Wildman–Crippen LogP) is 4.00. The van der Waals surface area contributed by atoms with Gasteiger partial charge in [0.2, 0.25) is 5.91 Å². The third-order valence-electron chi connectivity index (χ3n) is 4.63. The Morgan fingerprint density at radius 3 is 2.76 bits per heavy atom. The number of amides is 1. The molecule has 1 amide bonds. The maximum absolute atomic E-state index is 13.1. The third-order valence-corrected chi connectivity index (χ3v) is 4.63. The Bertz CT molecular complexity index is 718. The zero-order valence-corrected chi connectivity index (χ0v) is 14.4. The van der Waals surface area contributed by atoms with Crippen molar-refractivity contribution in [2.24, 2.45) is 0 Å². The number of para-hydroxylation sites is 2. The zero-order valence-electron chi connectivity index (χ0n) is 14.4. The monoisotopic (exact) mass is 342 g/mol. The molecule has 1 saturated heterocycles. The molecule has 1 aliphatic rings. The maximum atomic E-state index is 13.1. The van der Waals surface area contributed by atoms with Gasteiger partial charge < -0.3 is 10.1 Å². The minimum Gasteiger partial charge on any atom is -0.495 e. The highest BCUT2D eigenvalue weighted by Gasteiger charge is 2.26. The lowest BCUT2D eigenvalue weighted by molar-refractivity contribution is -0.116. The standard InChI is InChI=1S/C20H23FN2O2/c1-25-19-7-3-2-5-17(19)22-20(24)12-14-23-13-4-6-18(23)15-8-10-16(21)11-9-15/h2-3,5,7-11,18H,4,6,12-14H2,1H3,(H,22,24). The number of halogens is 1. The smallest absolute Gasteiger partial charge is 0.225 e. The van der Waals surface area contributed by atoms with E-state index in [4.69, 9.17) is 4.74 Å². The van der Waals surface area contributed by atoms with Crippen LogP contribution in [0.15, 0.2) is 48.5 Å². The van der Waals surface area contributed by atoms with E-state index in [-0.39, 0.29) is 17.8 Å². The first kappa shape index (κ1) is 17.4. The van der Waals surface area contributed by atoms with Gasteiger partial charge in [0.15, 0.2) is 0 Å². The fourth-order valence-corrected chi connectivity index (χ4v) is 3.36. The van der Waals surface area contributed by atoms with Crippen LogP contribution in [0.25, 0.3) is 0 Å². The molecule has 0 aliphatic carbocycles. The van der Waals surface area contributed by atoms with Gasteiger partial charge in [0.1, 0.15) is 11.6 Å².